The summed E-state index contributed by atoms with van der Waals surface area (Å²) in [7, 11) is 6.31. The molecule has 1 aliphatic rings. The smallest absolute Gasteiger partial charge is 0.0963 e. The summed E-state index contributed by atoms with van der Waals surface area (Å²) in [5.74, 6) is 0. The molecule has 0 aliphatic heterocycles. The van der Waals surface area contributed by atoms with Crippen molar-refractivity contribution in [3.8, 4) is 11.1 Å². The quantitative estimate of drug-likeness (QED) is 0.221. The zero-order valence-electron chi connectivity index (χ0n) is 19.5. The summed E-state index contributed by atoms with van der Waals surface area (Å²) >= 11 is 0. The second-order valence-electron chi connectivity index (χ2n) is 9.47. The lowest BCUT2D eigenvalue weighted by molar-refractivity contribution is 0.398. The minimum atomic E-state index is 0.164. The second kappa shape index (κ2) is 11.8. The van der Waals surface area contributed by atoms with E-state index in [1.165, 1.54) is 107 Å². The third-order valence-electron chi connectivity index (χ3n) is 7.21. The molecule has 0 heterocycles. The summed E-state index contributed by atoms with van der Waals surface area (Å²) in [6.07, 6.45) is 18.8. The molecule has 2 aromatic carbocycles. The Kier molecular flexibility index (Phi) is 9.10. The van der Waals surface area contributed by atoms with E-state index in [1.54, 1.807) is 5.56 Å². The molecule has 30 heavy (non-hydrogen) atoms. The third-order valence-corrected chi connectivity index (χ3v) is 7.21. The van der Waals surface area contributed by atoms with Crippen molar-refractivity contribution in [1.29, 1.82) is 0 Å². The fraction of sp³-hybridized carbons (Fsp3) is 0.586. The Balaban J connectivity index is 1.80. The molecule has 0 atom stereocenters. The van der Waals surface area contributed by atoms with Gasteiger partial charge in [-0.15, -0.1) is 0 Å². The van der Waals surface area contributed by atoms with E-state index in [1.807, 2.05) is 0 Å². The number of rotatable bonds is 14. The molecule has 160 valence electrons. The Morgan fingerprint density at radius 3 is 1.77 bits per heavy atom. The molecule has 2 radical (unpaired) electrons. The van der Waals surface area contributed by atoms with Crippen LogP contribution in [-0.4, -0.2) is 7.85 Å². The number of unbranched alkanes of at least 4 members (excludes halogenated alkanes) is 10. The zero-order chi connectivity index (χ0) is 21.2. The summed E-state index contributed by atoms with van der Waals surface area (Å²) in [6.45, 7) is 4.60. The molecule has 0 fully saturated rings. The van der Waals surface area contributed by atoms with Gasteiger partial charge in [-0.05, 0) is 35.1 Å². The van der Waals surface area contributed by atoms with Crippen LogP contribution in [0.2, 0.25) is 0 Å². The maximum atomic E-state index is 6.31. The molecule has 0 amide bonds. The van der Waals surface area contributed by atoms with Gasteiger partial charge in [0.15, 0.2) is 0 Å². The first-order chi connectivity index (χ1) is 14.7. The summed E-state index contributed by atoms with van der Waals surface area (Å²) in [4.78, 5) is 0. The number of hydrogen-bond acceptors (Lipinski definition) is 0. The standard InChI is InChI=1S/C29H41B/c1-3-5-7-9-11-15-21-29(22-16-12-10-8-6-4-2)27-18-14-13-17-25(27)26-20-19-24(30)23-28(26)29/h13-14,17-20,23H,3-12,15-16,21-22H2,1-2H3. The maximum Gasteiger partial charge on any atom is 0.113 e. The van der Waals surface area contributed by atoms with E-state index in [0.29, 0.717) is 0 Å². The van der Waals surface area contributed by atoms with E-state index >= 15 is 0 Å². The van der Waals surface area contributed by atoms with Crippen molar-refractivity contribution < 1.29 is 0 Å². The van der Waals surface area contributed by atoms with Crippen molar-refractivity contribution in [1.82, 2.24) is 0 Å². The van der Waals surface area contributed by atoms with Crippen molar-refractivity contribution in [2.24, 2.45) is 0 Å². The van der Waals surface area contributed by atoms with Gasteiger partial charge < -0.3 is 0 Å². The SMILES string of the molecule is [B]c1ccc2c(c1)C(CCCCCCCC)(CCCCCCCC)c1ccccc1-2. The zero-order valence-corrected chi connectivity index (χ0v) is 19.5. The molecule has 0 saturated heterocycles. The van der Waals surface area contributed by atoms with Gasteiger partial charge in [0.1, 0.15) is 7.85 Å². The van der Waals surface area contributed by atoms with Crippen LogP contribution in [0.1, 0.15) is 115 Å². The fourth-order valence-electron chi connectivity index (χ4n) is 5.55. The Morgan fingerprint density at radius 2 is 1.13 bits per heavy atom. The number of fused-ring (bicyclic) bond motifs is 3. The van der Waals surface area contributed by atoms with Gasteiger partial charge in [-0.25, -0.2) is 0 Å². The van der Waals surface area contributed by atoms with Gasteiger partial charge in [-0.1, -0.05) is 139 Å². The molecule has 1 heteroatoms. The molecule has 0 N–H and O–H groups in total. The van der Waals surface area contributed by atoms with Crippen molar-refractivity contribution in [3.05, 3.63) is 53.6 Å². The maximum absolute atomic E-state index is 6.31. The van der Waals surface area contributed by atoms with Crippen LogP contribution in [0.3, 0.4) is 0 Å². The lowest BCUT2D eigenvalue weighted by Crippen LogP contribution is -2.26. The van der Waals surface area contributed by atoms with Gasteiger partial charge in [0, 0.05) is 5.41 Å². The average molecular weight is 400 g/mol. The van der Waals surface area contributed by atoms with Crippen LogP contribution in [0.4, 0.5) is 0 Å². The van der Waals surface area contributed by atoms with E-state index in [-0.39, 0.29) is 5.41 Å². The van der Waals surface area contributed by atoms with Crippen LogP contribution in [0, 0.1) is 0 Å². The van der Waals surface area contributed by atoms with Crippen LogP contribution in [0.15, 0.2) is 42.5 Å². The molecule has 1 aliphatic carbocycles. The monoisotopic (exact) mass is 400 g/mol. The van der Waals surface area contributed by atoms with E-state index in [9.17, 15) is 0 Å². The molecular formula is C29H41B. The van der Waals surface area contributed by atoms with Gasteiger partial charge in [0.05, 0.1) is 0 Å². The van der Waals surface area contributed by atoms with Crippen LogP contribution in [0.5, 0.6) is 0 Å². The van der Waals surface area contributed by atoms with Gasteiger partial charge in [0.25, 0.3) is 0 Å². The molecule has 0 saturated carbocycles. The van der Waals surface area contributed by atoms with E-state index < -0.39 is 0 Å². The number of benzene rings is 2. The molecule has 3 rings (SSSR count). The van der Waals surface area contributed by atoms with E-state index in [0.717, 1.165) is 5.46 Å². The van der Waals surface area contributed by atoms with Crippen molar-refractivity contribution in [2.45, 2.75) is 109 Å². The molecule has 0 spiro atoms. The van der Waals surface area contributed by atoms with Gasteiger partial charge in [-0.2, -0.15) is 0 Å². The van der Waals surface area contributed by atoms with Gasteiger partial charge in [0.2, 0.25) is 0 Å². The van der Waals surface area contributed by atoms with Crippen LogP contribution in [-0.2, 0) is 5.41 Å². The van der Waals surface area contributed by atoms with Crippen LogP contribution < -0.4 is 5.46 Å². The molecule has 0 aromatic heterocycles. The minimum absolute atomic E-state index is 0.164. The fourth-order valence-corrected chi connectivity index (χ4v) is 5.55. The Hall–Kier alpha value is -1.50. The highest BCUT2D eigenvalue weighted by molar-refractivity contribution is 6.32. The Bertz CT molecular complexity index is 760. The lowest BCUT2D eigenvalue weighted by atomic mass is 9.70. The molecule has 0 unspecified atom stereocenters. The largest absolute Gasteiger partial charge is 0.113 e. The Morgan fingerprint density at radius 1 is 0.600 bits per heavy atom. The second-order valence-corrected chi connectivity index (χ2v) is 9.47. The summed E-state index contributed by atoms with van der Waals surface area (Å²) in [5.41, 5.74) is 7.02. The predicted molar refractivity (Wildman–Crippen MR) is 134 cm³/mol. The topological polar surface area (TPSA) is 0 Å². The first kappa shape index (κ1) is 23.2. The highest BCUT2D eigenvalue weighted by Gasteiger charge is 2.41. The normalized spacial score (nSPS) is 13.9. The van der Waals surface area contributed by atoms with Crippen molar-refractivity contribution in [2.75, 3.05) is 0 Å². The summed E-state index contributed by atoms with van der Waals surface area (Å²) < 4.78 is 0. The van der Waals surface area contributed by atoms with Gasteiger partial charge >= 0.3 is 0 Å². The number of hydrogen-bond donors (Lipinski definition) is 0. The molecule has 0 nitrogen and oxygen atoms in total. The van der Waals surface area contributed by atoms with Gasteiger partial charge in [-0.3, -0.25) is 0 Å². The molecular weight excluding hydrogens is 359 g/mol. The van der Waals surface area contributed by atoms with E-state index in [2.05, 4.69) is 56.3 Å². The van der Waals surface area contributed by atoms with Crippen molar-refractivity contribution in [3.63, 3.8) is 0 Å². The van der Waals surface area contributed by atoms with Crippen molar-refractivity contribution >= 4 is 13.3 Å². The van der Waals surface area contributed by atoms with Crippen LogP contribution in [0.25, 0.3) is 11.1 Å². The Labute approximate surface area is 187 Å². The first-order valence-corrected chi connectivity index (χ1v) is 12.7. The predicted octanol–water partition coefficient (Wildman–Crippen LogP) is 8.25. The first-order valence-electron chi connectivity index (χ1n) is 12.7. The van der Waals surface area contributed by atoms with E-state index in [4.69, 9.17) is 7.85 Å². The minimum Gasteiger partial charge on any atom is -0.0963 e. The highest BCUT2D eigenvalue weighted by Crippen LogP contribution is 2.53. The van der Waals surface area contributed by atoms with Crippen LogP contribution >= 0.6 is 0 Å². The highest BCUT2D eigenvalue weighted by atomic mass is 14.4. The third kappa shape index (κ3) is 5.40. The lowest BCUT2D eigenvalue weighted by Gasteiger charge is -2.33. The average Bonchev–Trinajstić information content (AvgIpc) is 3.03. The molecule has 2 aromatic rings. The summed E-state index contributed by atoms with van der Waals surface area (Å²) in [5, 5.41) is 0. The summed E-state index contributed by atoms with van der Waals surface area (Å²) in [6, 6.07) is 15.8. The molecule has 0 bridgehead atoms.